The molecular weight excluding hydrogens is 216 g/mol. The fourth-order valence-corrected chi connectivity index (χ4v) is 2.69. The zero-order valence-electron chi connectivity index (χ0n) is 13.5. The second-order valence-electron chi connectivity index (χ2n) is 6.22. The third-order valence-corrected chi connectivity index (χ3v) is 4.10. The van der Waals surface area contributed by atoms with Gasteiger partial charge >= 0.3 is 0 Å². The molecule has 1 atom stereocenters. The molecule has 0 unspecified atom stereocenters. The van der Waals surface area contributed by atoms with Crippen molar-refractivity contribution in [3.63, 3.8) is 0 Å². The number of rotatable bonds is 14. The van der Waals surface area contributed by atoms with Crippen molar-refractivity contribution in [3.05, 3.63) is 0 Å². The van der Waals surface area contributed by atoms with Crippen molar-refractivity contribution in [1.29, 1.82) is 0 Å². The quantitative estimate of drug-likeness (QED) is 0.289. The predicted octanol–water partition coefficient (Wildman–Crippen LogP) is 7.12. The van der Waals surface area contributed by atoms with Crippen molar-refractivity contribution in [2.24, 2.45) is 5.92 Å². The lowest BCUT2D eigenvalue weighted by Crippen LogP contribution is -1.95. The van der Waals surface area contributed by atoms with Crippen LogP contribution in [0, 0.1) is 5.92 Å². The molecule has 0 aliphatic carbocycles. The van der Waals surface area contributed by atoms with Gasteiger partial charge in [-0.2, -0.15) is 0 Å². The molecule has 0 heteroatoms. The highest BCUT2D eigenvalue weighted by Crippen LogP contribution is 2.18. The number of hydrogen-bond acceptors (Lipinski definition) is 0. The Hall–Kier alpha value is 0. The van der Waals surface area contributed by atoms with Crippen LogP contribution in [-0.4, -0.2) is 0 Å². The minimum absolute atomic E-state index is 0.974. The summed E-state index contributed by atoms with van der Waals surface area (Å²) in [6, 6.07) is 0. The second kappa shape index (κ2) is 15.1. The summed E-state index contributed by atoms with van der Waals surface area (Å²) in [5.41, 5.74) is 0. The summed E-state index contributed by atoms with van der Waals surface area (Å²) in [6.07, 6.45) is 20.3. The number of unbranched alkanes of at least 4 members (excludes halogenated alkanes) is 10. The molecule has 0 radical (unpaired) electrons. The van der Waals surface area contributed by atoms with Gasteiger partial charge in [0, 0.05) is 0 Å². The highest BCUT2D eigenvalue weighted by Gasteiger charge is 2.01. The lowest BCUT2D eigenvalue weighted by atomic mass is 9.96. The van der Waals surface area contributed by atoms with Crippen LogP contribution in [0.3, 0.4) is 0 Å². The first-order valence-corrected chi connectivity index (χ1v) is 8.81. The molecule has 0 aliphatic rings. The Balaban J connectivity index is 3.08. The van der Waals surface area contributed by atoms with E-state index in [1.54, 1.807) is 0 Å². The van der Waals surface area contributed by atoms with E-state index in [9.17, 15) is 0 Å². The smallest absolute Gasteiger partial charge is 0.0443 e. The Morgan fingerprint density at radius 3 is 1.28 bits per heavy atom. The van der Waals surface area contributed by atoms with E-state index in [4.69, 9.17) is 0 Å². The monoisotopic (exact) mass is 254 g/mol. The van der Waals surface area contributed by atoms with Crippen LogP contribution in [0.25, 0.3) is 0 Å². The van der Waals surface area contributed by atoms with E-state index in [1.165, 1.54) is 89.9 Å². The Labute approximate surface area is 117 Å². The molecule has 18 heavy (non-hydrogen) atoms. The maximum Gasteiger partial charge on any atom is -0.0443 e. The van der Waals surface area contributed by atoms with Crippen molar-refractivity contribution in [2.45, 2.75) is 111 Å². The van der Waals surface area contributed by atoms with Gasteiger partial charge in [-0.3, -0.25) is 0 Å². The first kappa shape index (κ1) is 18.0. The zero-order valence-corrected chi connectivity index (χ0v) is 13.5. The highest BCUT2D eigenvalue weighted by molar-refractivity contribution is 4.55. The van der Waals surface area contributed by atoms with Crippen LogP contribution in [0.4, 0.5) is 0 Å². The van der Waals surface area contributed by atoms with Crippen LogP contribution in [-0.2, 0) is 0 Å². The minimum atomic E-state index is 0.974. The van der Waals surface area contributed by atoms with Gasteiger partial charge in [0.25, 0.3) is 0 Å². The van der Waals surface area contributed by atoms with Gasteiger partial charge in [0.2, 0.25) is 0 Å². The van der Waals surface area contributed by atoms with Crippen LogP contribution in [0.2, 0.25) is 0 Å². The molecule has 0 saturated carbocycles. The van der Waals surface area contributed by atoms with Gasteiger partial charge in [-0.15, -0.1) is 0 Å². The summed E-state index contributed by atoms with van der Waals surface area (Å²) in [5.74, 6) is 0.974. The molecular formula is C18H38. The van der Waals surface area contributed by atoms with Crippen molar-refractivity contribution >= 4 is 0 Å². The molecule has 110 valence electrons. The summed E-state index contributed by atoms with van der Waals surface area (Å²) in [4.78, 5) is 0. The summed E-state index contributed by atoms with van der Waals surface area (Å²) in [6.45, 7) is 7.04. The lowest BCUT2D eigenvalue weighted by Gasteiger charge is -2.10. The van der Waals surface area contributed by atoms with Crippen molar-refractivity contribution in [2.75, 3.05) is 0 Å². The molecule has 0 spiro atoms. The average molecular weight is 255 g/mol. The molecule has 0 aromatic heterocycles. The van der Waals surface area contributed by atoms with Gasteiger partial charge in [0.1, 0.15) is 0 Å². The highest BCUT2D eigenvalue weighted by atomic mass is 14.1. The van der Waals surface area contributed by atoms with Gasteiger partial charge in [-0.1, -0.05) is 111 Å². The maximum absolute atomic E-state index is 2.45. The standard InChI is InChI=1S/C18H38/c1-4-6-8-10-11-12-13-15-17-18(3)16-14-9-7-5-2/h18H,4-17H2,1-3H3/t18-/m0/s1. The Morgan fingerprint density at radius 1 is 0.500 bits per heavy atom. The molecule has 0 aromatic carbocycles. The molecule has 0 heterocycles. The Morgan fingerprint density at radius 2 is 0.833 bits per heavy atom. The Bertz CT molecular complexity index is 139. The average Bonchev–Trinajstić information content (AvgIpc) is 2.38. The first-order chi connectivity index (χ1) is 8.81. The van der Waals surface area contributed by atoms with Crippen molar-refractivity contribution < 1.29 is 0 Å². The summed E-state index contributed by atoms with van der Waals surface area (Å²) in [7, 11) is 0. The van der Waals surface area contributed by atoms with E-state index in [-0.39, 0.29) is 0 Å². The van der Waals surface area contributed by atoms with E-state index >= 15 is 0 Å². The van der Waals surface area contributed by atoms with E-state index < -0.39 is 0 Å². The molecule has 0 saturated heterocycles. The van der Waals surface area contributed by atoms with Gasteiger partial charge in [-0.05, 0) is 5.92 Å². The summed E-state index contributed by atoms with van der Waals surface area (Å²) < 4.78 is 0. The number of hydrogen-bond donors (Lipinski definition) is 0. The van der Waals surface area contributed by atoms with Crippen molar-refractivity contribution in [3.8, 4) is 0 Å². The SMILES string of the molecule is CCCCCCCCCC[C@@H](C)CCCCCC. The van der Waals surface area contributed by atoms with Crippen LogP contribution in [0.5, 0.6) is 0 Å². The van der Waals surface area contributed by atoms with Crippen LogP contribution in [0.1, 0.15) is 111 Å². The molecule has 0 amide bonds. The van der Waals surface area contributed by atoms with Crippen LogP contribution < -0.4 is 0 Å². The lowest BCUT2D eigenvalue weighted by molar-refractivity contribution is 0.433. The van der Waals surface area contributed by atoms with Gasteiger partial charge in [0.15, 0.2) is 0 Å². The Kier molecular flexibility index (Phi) is 15.1. The molecule has 0 fully saturated rings. The third kappa shape index (κ3) is 14.1. The van der Waals surface area contributed by atoms with Gasteiger partial charge < -0.3 is 0 Å². The molecule has 0 N–H and O–H groups in total. The normalized spacial score (nSPS) is 12.8. The largest absolute Gasteiger partial charge is 0.0654 e. The van der Waals surface area contributed by atoms with Gasteiger partial charge in [-0.25, -0.2) is 0 Å². The van der Waals surface area contributed by atoms with Gasteiger partial charge in [0.05, 0.1) is 0 Å². The molecule has 0 aliphatic heterocycles. The third-order valence-electron chi connectivity index (χ3n) is 4.10. The summed E-state index contributed by atoms with van der Waals surface area (Å²) in [5, 5.41) is 0. The van der Waals surface area contributed by atoms with E-state index in [0.717, 1.165) is 5.92 Å². The second-order valence-corrected chi connectivity index (χ2v) is 6.22. The van der Waals surface area contributed by atoms with E-state index in [0.29, 0.717) is 0 Å². The van der Waals surface area contributed by atoms with Crippen LogP contribution in [0.15, 0.2) is 0 Å². The fourth-order valence-electron chi connectivity index (χ4n) is 2.69. The van der Waals surface area contributed by atoms with E-state index in [2.05, 4.69) is 20.8 Å². The molecule has 0 nitrogen and oxygen atoms in total. The predicted molar refractivity (Wildman–Crippen MR) is 85.2 cm³/mol. The molecule has 0 rings (SSSR count). The first-order valence-electron chi connectivity index (χ1n) is 8.81. The zero-order chi connectivity index (χ0) is 13.5. The topological polar surface area (TPSA) is 0 Å². The van der Waals surface area contributed by atoms with Crippen LogP contribution >= 0.6 is 0 Å². The van der Waals surface area contributed by atoms with Crippen molar-refractivity contribution in [1.82, 2.24) is 0 Å². The summed E-state index contributed by atoms with van der Waals surface area (Å²) >= 11 is 0. The maximum atomic E-state index is 2.45. The molecule has 0 bridgehead atoms. The minimum Gasteiger partial charge on any atom is -0.0654 e. The fraction of sp³-hybridized carbons (Fsp3) is 1.00. The molecule has 0 aromatic rings. The van der Waals surface area contributed by atoms with E-state index in [1.807, 2.05) is 0 Å².